The molecule has 0 N–H and O–H groups in total. The van der Waals surface area contributed by atoms with Crippen LogP contribution in [0, 0.1) is 5.92 Å². The smallest absolute Gasteiger partial charge is 0.125 e. The van der Waals surface area contributed by atoms with Gasteiger partial charge >= 0.3 is 0 Å². The highest BCUT2D eigenvalue weighted by molar-refractivity contribution is 7.15. The Hall–Kier alpha value is -1.22. The Bertz CT molecular complexity index is 448. The number of thiazole rings is 1. The molecule has 2 heterocycles. The molecule has 0 radical (unpaired) electrons. The van der Waals surface area contributed by atoms with Crippen molar-refractivity contribution in [2.75, 3.05) is 0 Å². The monoisotopic (exact) mass is 232 g/mol. The van der Waals surface area contributed by atoms with Gasteiger partial charge in [-0.25, -0.2) is 4.98 Å². The Balaban J connectivity index is 2.27. The maximum Gasteiger partial charge on any atom is 0.125 e. The predicted molar refractivity (Wildman–Crippen MR) is 68.6 cm³/mol. The lowest BCUT2D eigenvalue weighted by Gasteiger charge is -2.11. The lowest BCUT2D eigenvalue weighted by Crippen LogP contribution is -1.98. The van der Waals surface area contributed by atoms with E-state index in [1.165, 1.54) is 4.88 Å². The molecule has 84 valence electrons. The van der Waals surface area contributed by atoms with Gasteiger partial charge in [-0.1, -0.05) is 20.8 Å². The van der Waals surface area contributed by atoms with Crippen LogP contribution in [-0.4, -0.2) is 9.97 Å². The summed E-state index contributed by atoms with van der Waals surface area (Å²) in [6, 6.07) is 4.00. The molecular weight excluding hydrogens is 216 g/mol. The van der Waals surface area contributed by atoms with E-state index in [0.717, 1.165) is 10.6 Å². The molecule has 0 spiro atoms. The Morgan fingerprint density at radius 3 is 2.62 bits per heavy atom. The van der Waals surface area contributed by atoms with Crippen molar-refractivity contribution in [2.45, 2.75) is 26.7 Å². The highest BCUT2D eigenvalue weighted by atomic mass is 32.1. The molecule has 2 aromatic rings. The quantitative estimate of drug-likeness (QED) is 0.800. The van der Waals surface area contributed by atoms with Crippen molar-refractivity contribution in [1.29, 1.82) is 0 Å². The zero-order chi connectivity index (χ0) is 11.5. The third kappa shape index (κ3) is 2.30. The van der Waals surface area contributed by atoms with Crippen LogP contribution in [0.25, 0.3) is 10.6 Å². The van der Waals surface area contributed by atoms with Crippen LogP contribution >= 0.6 is 11.3 Å². The van der Waals surface area contributed by atoms with Crippen molar-refractivity contribution in [1.82, 2.24) is 9.97 Å². The second kappa shape index (κ2) is 4.74. The van der Waals surface area contributed by atoms with Crippen molar-refractivity contribution in [3.63, 3.8) is 0 Å². The first-order valence-electron chi connectivity index (χ1n) is 5.54. The number of hydrogen-bond acceptors (Lipinski definition) is 3. The van der Waals surface area contributed by atoms with Gasteiger partial charge in [0.15, 0.2) is 0 Å². The summed E-state index contributed by atoms with van der Waals surface area (Å²) >= 11 is 1.77. The van der Waals surface area contributed by atoms with Gasteiger partial charge in [-0.15, -0.1) is 11.3 Å². The summed E-state index contributed by atoms with van der Waals surface area (Å²) in [4.78, 5) is 9.94. The van der Waals surface area contributed by atoms with Crippen LogP contribution in [0.2, 0.25) is 0 Å². The van der Waals surface area contributed by atoms with E-state index in [-0.39, 0.29) is 0 Å². The van der Waals surface area contributed by atoms with Gasteiger partial charge in [0.05, 0.1) is 0 Å². The van der Waals surface area contributed by atoms with Crippen LogP contribution in [0.15, 0.2) is 30.7 Å². The number of hydrogen-bond donors (Lipinski definition) is 0. The fraction of sp³-hybridized carbons (Fsp3) is 0.385. The molecule has 0 aliphatic heterocycles. The van der Waals surface area contributed by atoms with Gasteiger partial charge in [0.1, 0.15) is 5.01 Å². The van der Waals surface area contributed by atoms with Gasteiger partial charge in [-0.05, 0) is 24.0 Å². The van der Waals surface area contributed by atoms with E-state index in [0.29, 0.717) is 11.8 Å². The zero-order valence-electron chi connectivity index (χ0n) is 9.84. The van der Waals surface area contributed by atoms with Crippen molar-refractivity contribution < 1.29 is 0 Å². The minimum atomic E-state index is 0.572. The molecule has 16 heavy (non-hydrogen) atoms. The van der Waals surface area contributed by atoms with Crippen molar-refractivity contribution >= 4 is 11.3 Å². The molecule has 0 bridgehead atoms. The van der Waals surface area contributed by atoms with Crippen LogP contribution in [0.3, 0.4) is 0 Å². The fourth-order valence-electron chi connectivity index (χ4n) is 1.45. The number of nitrogens with zero attached hydrogens (tertiary/aromatic N) is 2. The van der Waals surface area contributed by atoms with E-state index < -0.39 is 0 Å². The third-order valence-electron chi connectivity index (χ3n) is 2.88. The second-order valence-electron chi connectivity index (χ2n) is 4.34. The summed E-state index contributed by atoms with van der Waals surface area (Å²) in [5, 5.41) is 1.07. The number of rotatable bonds is 3. The maximum absolute atomic E-state index is 4.47. The van der Waals surface area contributed by atoms with Crippen molar-refractivity contribution in [3.8, 4) is 10.6 Å². The van der Waals surface area contributed by atoms with E-state index >= 15 is 0 Å². The highest BCUT2D eigenvalue weighted by Gasteiger charge is 2.13. The van der Waals surface area contributed by atoms with Gasteiger partial charge in [0.25, 0.3) is 0 Å². The molecule has 0 aromatic carbocycles. The molecule has 1 atom stereocenters. The maximum atomic E-state index is 4.47. The summed E-state index contributed by atoms with van der Waals surface area (Å²) in [5.41, 5.74) is 1.11. The highest BCUT2D eigenvalue weighted by Crippen LogP contribution is 2.32. The summed E-state index contributed by atoms with van der Waals surface area (Å²) in [5.74, 6) is 1.23. The molecule has 2 rings (SSSR count). The first-order chi connectivity index (χ1) is 7.68. The van der Waals surface area contributed by atoms with Crippen LogP contribution in [0.1, 0.15) is 31.6 Å². The van der Waals surface area contributed by atoms with Gasteiger partial charge in [-0.3, -0.25) is 4.98 Å². The third-order valence-corrected chi connectivity index (χ3v) is 4.13. The average molecular weight is 232 g/mol. The van der Waals surface area contributed by atoms with E-state index in [1.54, 1.807) is 17.5 Å². The largest absolute Gasteiger partial charge is 0.264 e. The minimum Gasteiger partial charge on any atom is -0.264 e. The van der Waals surface area contributed by atoms with Crippen LogP contribution in [-0.2, 0) is 0 Å². The van der Waals surface area contributed by atoms with Crippen LogP contribution in [0.5, 0.6) is 0 Å². The van der Waals surface area contributed by atoms with E-state index in [4.69, 9.17) is 0 Å². The molecule has 0 fully saturated rings. The lowest BCUT2D eigenvalue weighted by atomic mass is 9.97. The fourth-order valence-corrected chi connectivity index (χ4v) is 2.58. The lowest BCUT2D eigenvalue weighted by molar-refractivity contribution is 0.541. The van der Waals surface area contributed by atoms with Gasteiger partial charge < -0.3 is 0 Å². The Kier molecular flexibility index (Phi) is 3.34. The minimum absolute atomic E-state index is 0.572. The first kappa shape index (κ1) is 11.3. The molecule has 0 amide bonds. The van der Waals surface area contributed by atoms with Crippen molar-refractivity contribution in [2.24, 2.45) is 5.92 Å². The average Bonchev–Trinajstić information content (AvgIpc) is 2.78. The molecular formula is C13H16N2S. The molecule has 2 aromatic heterocycles. The standard InChI is InChI=1S/C13H16N2S/c1-9(2)10(3)12-8-15-13(16-12)11-5-4-6-14-7-11/h4-10H,1-3H3. The molecule has 0 saturated carbocycles. The molecule has 2 nitrogen and oxygen atoms in total. The van der Waals surface area contributed by atoms with Gasteiger partial charge in [-0.2, -0.15) is 0 Å². The SMILES string of the molecule is CC(C)C(C)c1cnc(-c2cccnc2)s1. The molecule has 0 aliphatic rings. The van der Waals surface area contributed by atoms with Gasteiger partial charge in [0.2, 0.25) is 0 Å². The summed E-state index contributed by atoms with van der Waals surface area (Å²) in [7, 11) is 0. The Labute approximate surface area is 100 Å². The molecule has 1 unspecified atom stereocenters. The van der Waals surface area contributed by atoms with E-state index in [2.05, 4.69) is 36.8 Å². The topological polar surface area (TPSA) is 25.8 Å². The second-order valence-corrected chi connectivity index (χ2v) is 5.40. The number of pyridine rings is 1. The Morgan fingerprint density at radius 2 is 2.00 bits per heavy atom. The Morgan fingerprint density at radius 1 is 1.19 bits per heavy atom. The van der Waals surface area contributed by atoms with Gasteiger partial charge in [0, 0.05) is 29.0 Å². The normalized spacial score (nSPS) is 13.0. The molecule has 0 aliphatic carbocycles. The van der Waals surface area contributed by atoms with E-state index in [1.807, 2.05) is 18.5 Å². The number of aromatic nitrogens is 2. The van der Waals surface area contributed by atoms with Crippen LogP contribution in [0.4, 0.5) is 0 Å². The van der Waals surface area contributed by atoms with Crippen LogP contribution < -0.4 is 0 Å². The van der Waals surface area contributed by atoms with E-state index in [9.17, 15) is 0 Å². The first-order valence-corrected chi connectivity index (χ1v) is 6.36. The summed E-state index contributed by atoms with van der Waals surface area (Å²) < 4.78 is 0. The molecule has 0 saturated heterocycles. The predicted octanol–water partition coefficient (Wildman–Crippen LogP) is 3.96. The van der Waals surface area contributed by atoms with Crippen molar-refractivity contribution in [3.05, 3.63) is 35.6 Å². The molecule has 3 heteroatoms. The summed E-state index contributed by atoms with van der Waals surface area (Å²) in [6.45, 7) is 6.74. The zero-order valence-corrected chi connectivity index (χ0v) is 10.7. The summed E-state index contributed by atoms with van der Waals surface area (Å²) in [6.07, 6.45) is 5.65.